The van der Waals surface area contributed by atoms with Gasteiger partial charge in [-0.2, -0.15) is 0 Å². The summed E-state index contributed by atoms with van der Waals surface area (Å²) in [6, 6.07) is 2.05. The molecule has 0 aliphatic carbocycles. The van der Waals surface area contributed by atoms with Crippen LogP contribution in [0.4, 0.5) is 0 Å². The van der Waals surface area contributed by atoms with Crippen LogP contribution in [0.15, 0.2) is 11.4 Å². The van der Waals surface area contributed by atoms with Crippen molar-refractivity contribution >= 4 is 29.1 Å². The number of hydrogen-bond acceptors (Lipinski definition) is 4. The van der Waals surface area contributed by atoms with Crippen molar-refractivity contribution in [1.82, 2.24) is 10.2 Å². The number of nitrogens with zero attached hydrogens (tertiary/aromatic N) is 1. The van der Waals surface area contributed by atoms with Gasteiger partial charge in [-0.3, -0.25) is 14.4 Å². The zero-order chi connectivity index (χ0) is 18.4. The second-order valence-corrected chi connectivity index (χ2v) is 7.90. The molecule has 1 aromatic rings. The molecule has 0 radical (unpaired) electrons. The first-order chi connectivity index (χ1) is 11.9. The molecule has 7 heteroatoms. The highest BCUT2D eigenvalue weighted by Gasteiger charge is 2.23. The lowest BCUT2D eigenvalue weighted by Crippen LogP contribution is -2.37. The van der Waals surface area contributed by atoms with Crippen molar-refractivity contribution in [2.75, 3.05) is 13.1 Å². The summed E-state index contributed by atoms with van der Waals surface area (Å²) >= 11 is 1.72. The van der Waals surface area contributed by atoms with Crippen LogP contribution in [-0.2, 0) is 27.3 Å². The summed E-state index contributed by atoms with van der Waals surface area (Å²) in [5, 5.41) is 13.9. The number of rotatable bonds is 8. The molecule has 0 saturated carbocycles. The zero-order valence-corrected chi connectivity index (χ0v) is 15.6. The third-order valence-corrected chi connectivity index (χ3v) is 5.40. The van der Waals surface area contributed by atoms with Gasteiger partial charge in [0.05, 0.1) is 5.92 Å². The quantitative estimate of drug-likeness (QED) is 0.739. The molecule has 6 nitrogen and oxygen atoms in total. The molecule has 2 rings (SSSR count). The predicted molar refractivity (Wildman–Crippen MR) is 96.3 cm³/mol. The van der Waals surface area contributed by atoms with E-state index in [4.69, 9.17) is 0 Å². The van der Waals surface area contributed by atoms with Crippen LogP contribution >= 0.6 is 11.3 Å². The van der Waals surface area contributed by atoms with Crippen LogP contribution in [0.5, 0.6) is 0 Å². The number of carboxylic acid groups (broad SMARTS) is 1. The molecular formula is C18H26N2O4S. The lowest BCUT2D eigenvalue weighted by atomic mass is 9.97. The average molecular weight is 366 g/mol. The van der Waals surface area contributed by atoms with Crippen LogP contribution < -0.4 is 5.32 Å². The number of fused-ring (bicyclic) bond motifs is 1. The number of nitrogens with one attached hydrogen (secondary N) is 1. The molecular weight excluding hydrogens is 340 g/mol. The summed E-state index contributed by atoms with van der Waals surface area (Å²) in [7, 11) is 0. The highest BCUT2D eigenvalue weighted by molar-refractivity contribution is 7.10. The fourth-order valence-electron chi connectivity index (χ4n) is 3.01. The Hall–Kier alpha value is -1.89. The fourth-order valence-corrected chi connectivity index (χ4v) is 3.90. The Morgan fingerprint density at radius 1 is 1.32 bits per heavy atom. The number of carboxylic acids is 1. The Morgan fingerprint density at radius 3 is 2.76 bits per heavy atom. The van der Waals surface area contributed by atoms with Gasteiger partial charge >= 0.3 is 5.97 Å². The van der Waals surface area contributed by atoms with Crippen molar-refractivity contribution in [3.63, 3.8) is 0 Å². The molecule has 1 aromatic heterocycles. The number of aliphatic carboxylic acids is 1. The van der Waals surface area contributed by atoms with Gasteiger partial charge in [0.25, 0.3) is 0 Å². The van der Waals surface area contributed by atoms with Crippen LogP contribution in [0, 0.1) is 11.8 Å². The maximum Gasteiger partial charge on any atom is 0.308 e. The molecule has 1 atom stereocenters. The second kappa shape index (κ2) is 8.99. The van der Waals surface area contributed by atoms with Gasteiger partial charge in [0.2, 0.25) is 11.8 Å². The average Bonchev–Trinajstić information content (AvgIpc) is 3.03. The molecule has 0 saturated heterocycles. The van der Waals surface area contributed by atoms with Crippen molar-refractivity contribution in [2.24, 2.45) is 11.8 Å². The standard InChI is InChI=1S/C18H26N2O4S/c1-12(2)9-14(18(23)24)10-19-16(21)3-4-17(22)20-7-5-15-13(11-20)6-8-25-15/h6,8,12,14H,3-5,7,9-11H2,1-2H3,(H,19,21)(H,23,24). The molecule has 2 heterocycles. The van der Waals surface area contributed by atoms with Crippen LogP contribution in [0.2, 0.25) is 0 Å². The molecule has 2 N–H and O–H groups in total. The monoisotopic (exact) mass is 366 g/mol. The van der Waals surface area contributed by atoms with Gasteiger partial charge in [0, 0.05) is 37.4 Å². The van der Waals surface area contributed by atoms with E-state index in [1.807, 2.05) is 25.3 Å². The van der Waals surface area contributed by atoms with Crippen LogP contribution in [-0.4, -0.2) is 40.9 Å². The number of amides is 2. The lowest BCUT2D eigenvalue weighted by molar-refractivity contribution is -0.142. The van der Waals surface area contributed by atoms with Crippen LogP contribution in [0.25, 0.3) is 0 Å². The van der Waals surface area contributed by atoms with Gasteiger partial charge in [-0.25, -0.2) is 0 Å². The Balaban J connectivity index is 1.72. The first-order valence-corrected chi connectivity index (χ1v) is 9.57. The normalized spacial score (nSPS) is 14.9. The maximum atomic E-state index is 12.3. The Morgan fingerprint density at radius 2 is 2.08 bits per heavy atom. The number of hydrogen-bond donors (Lipinski definition) is 2. The summed E-state index contributed by atoms with van der Waals surface area (Å²) < 4.78 is 0. The molecule has 2 amide bonds. The van der Waals surface area contributed by atoms with E-state index in [0.29, 0.717) is 19.5 Å². The van der Waals surface area contributed by atoms with Gasteiger partial charge in [0.15, 0.2) is 0 Å². The molecule has 1 aliphatic rings. The summed E-state index contributed by atoms with van der Waals surface area (Å²) in [4.78, 5) is 38.5. The minimum Gasteiger partial charge on any atom is -0.481 e. The molecule has 1 unspecified atom stereocenters. The maximum absolute atomic E-state index is 12.3. The summed E-state index contributed by atoms with van der Waals surface area (Å²) in [6.45, 7) is 5.34. The van der Waals surface area contributed by atoms with Crippen LogP contribution in [0.1, 0.15) is 43.6 Å². The van der Waals surface area contributed by atoms with E-state index in [1.54, 1.807) is 16.2 Å². The number of carbonyl (C=O) groups excluding carboxylic acids is 2. The highest BCUT2D eigenvalue weighted by atomic mass is 32.1. The predicted octanol–water partition coefficient (Wildman–Crippen LogP) is 2.28. The first kappa shape index (κ1) is 19.4. The smallest absolute Gasteiger partial charge is 0.308 e. The number of carbonyl (C=O) groups is 3. The van der Waals surface area contributed by atoms with Gasteiger partial charge in [-0.05, 0) is 35.8 Å². The SMILES string of the molecule is CC(C)CC(CNC(=O)CCC(=O)N1CCc2sccc2C1)C(=O)O. The van der Waals surface area contributed by atoms with Gasteiger partial charge in [-0.1, -0.05) is 13.8 Å². The van der Waals surface area contributed by atoms with Crippen LogP contribution in [0.3, 0.4) is 0 Å². The van der Waals surface area contributed by atoms with Gasteiger partial charge < -0.3 is 15.3 Å². The third kappa shape index (κ3) is 5.85. The highest BCUT2D eigenvalue weighted by Crippen LogP contribution is 2.24. The van der Waals surface area contributed by atoms with Crippen molar-refractivity contribution in [3.8, 4) is 0 Å². The summed E-state index contributed by atoms with van der Waals surface area (Å²) in [6.07, 6.45) is 1.65. The van der Waals surface area contributed by atoms with Crippen molar-refractivity contribution in [2.45, 2.75) is 46.1 Å². The Bertz CT molecular complexity index is 626. The molecule has 1 aliphatic heterocycles. The number of thiophene rings is 1. The van der Waals surface area contributed by atoms with Crippen molar-refractivity contribution < 1.29 is 19.5 Å². The Kier molecular flexibility index (Phi) is 6.99. The van der Waals surface area contributed by atoms with E-state index >= 15 is 0 Å². The fraction of sp³-hybridized carbons (Fsp3) is 0.611. The van der Waals surface area contributed by atoms with E-state index in [1.165, 1.54) is 10.4 Å². The molecule has 138 valence electrons. The van der Waals surface area contributed by atoms with Gasteiger partial charge in [0.1, 0.15) is 0 Å². The minimum absolute atomic E-state index is 0.0241. The van der Waals surface area contributed by atoms with Gasteiger partial charge in [-0.15, -0.1) is 11.3 Å². The van der Waals surface area contributed by atoms with Crippen molar-refractivity contribution in [3.05, 3.63) is 21.9 Å². The lowest BCUT2D eigenvalue weighted by Gasteiger charge is -2.27. The largest absolute Gasteiger partial charge is 0.481 e. The van der Waals surface area contributed by atoms with E-state index in [0.717, 1.165) is 6.42 Å². The topological polar surface area (TPSA) is 86.7 Å². The Labute approximate surface area is 152 Å². The molecule has 0 fully saturated rings. The van der Waals surface area contributed by atoms with E-state index < -0.39 is 11.9 Å². The van der Waals surface area contributed by atoms with Crippen molar-refractivity contribution in [1.29, 1.82) is 0 Å². The second-order valence-electron chi connectivity index (χ2n) is 6.90. The summed E-state index contributed by atoms with van der Waals surface area (Å²) in [5.74, 6) is -1.52. The summed E-state index contributed by atoms with van der Waals surface area (Å²) in [5.41, 5.74) is 1.20. The van der Waals surface area contributed by atoms with E-state index in [-0.39, 0.29) is 37.1 Å². The molecule has 0 aromatic carbocycles. The molecule has 0 spiro atoms. The zero-order valence-electron chi connectivity index (χ0n) is 14.8. The van der Waals surface area contributed by atoms with E-state index in [2.05, 4.69) is 5.32 Å². The third-order valence-electron chi connectivity index (χ3n) is 4.38. The first-order valence-electron chi connectivity index (χ1n) is 8.69. The minimum atomic E-state index is -0.898. The molecule has 25 heavy (non-hydrogen) atoms. The van der Waals surface area contributed by atoms with E-state index in [9.17, 15) is 19.5 Å². The molecule has 0 bridgehead atoms.